The number of rotatable bonds is 5. The van der Waals surface area contributed by atoms with Crippen molar-refractivity contribution in [2.24, 2.45) is 5.92 Å². The van der Waals surface area contributed by atoms with Gasteiger partial charge in [0.25, 0.3) is 0 Å². The van der Waals surface area contributed by atoms with Gasteiger partial charge in [-0.2, -0.15) is 5.26 Å². The van der Waals surface area contributed by atoms with Crippen LogP contribution in [-0.4, -0.2) is 13.1 Å². The highest BCUT2D eigenvalue weighted by atomic mass is 35.5. The highest BCUT2D eigenvalue weighted by Gasteiger charge is 2.32. The summed E-state index contributed by atoms with van der Waals surface area (Å²) in [6.07, 6.45) is 3.52. The van der Waals surface area contributed by atoms with Gasteiger partial charge in [0.1, 0.15) is 0 Å². The van der Waals surface area contributed by atoms with E-state index in [1.807, 2.05) is 0 Å². The molecule has 2 aromatic rings. The summed E-state index contributed by atoms with van der Waals surface area (Å²) in [5.74, 6) is 0.637. The smallest absolute Gasteiger partial charge is 0.314 e. The summed E-state index contributed by atoms with van der Waals surface area (Å²) < 4.78 is 10.7. The summed E-state index contributed by atoms with van der Waals surface area (Å²) in [4.78, 5) is 11.8. The molecule has 0 amide bonds. The Bertz CT molecular complexity index is 862. The summed E-state index contributed by atoms with van der Waals surface area (Å²) in [7, 11) is 1.52. The number of halogens is 1. The largest absolute Gasteiger partial charge is 0.493 e. The minimum Gasteiger partial charge on any atom is -0.493 e. The summed E-state index contributed by atoms with van der Waals surface area (Å²) in [6.45, 7) is 0. The van der Waals surface area contributed by atoms with Crippen LogP contribution in [0.5, 0.6) is 11.5 Å². The number of hydrogen-bond acceptors (Lipinski definition) is 4. The average molecular weight is 354 g/mol. The molecule has 4 nitrogen and oxygen atoms in total. The van der Waals surface area contributed by atoms with Crippen LogP contribution in [0.1, 0.15) is 24.0 Å². The van der Waals surface area contributed by atoms with Gasteiger partial charge in [-0.3, -0.25) is 4.79 Å². The number of ether oxygens (including phenoxy) is 2. The van der Waals surface area contributed by atoms with Gasteiger partial charge < -0.3 is 9.47 Å². The van der Waals surface area contributed by atoms with Crippen LogP contribution in [0.2, 0.25) is 5.02 Å². The van der Waals surface area contributed by atoms with Crippen LogP contribution in [-0.2, 0) is 4.79 Å². The fourth-order valence-electron chi connectivity index (χ4n) is 2.35. The first kappa shape index (κ1) is 17.1. The average Bonchev–Trinajstić information content (AvgIpc) is 3.46. The molecule has 3 rings (SSSR count). The Balaban J connectivity index is 1.87. The number of nitriles is 1. The van der Waals surface area contributed by atoms with E-state index in [9.17, 15) is 10.1 Å². The zero-order valence-electron chi connectivity index (χ0n) is 13.7. The van der Waals surface area contributed by atoms with Gasteiger partial charge in [0.05, 0.1) is 24.7 Å². The van der Waals surface area contributed by atoms with Crippen LogP contribution >= 0.6 is 11.6 Å². The molecule has 0 atom stereocenters. The molecule has 0 N–H and O–H groups in total. The molecule has 5 heteroatoms. The van der Waals surface area contributed by atoms with Crippen LogP contribution in [0.25, 0.3) is 11.6 Å². The molecule has 0 bridgehead atoms. The fraction of sp³-hybridized carbons (Fsp3) is 0.200. The molecule has 2 aromatic carbocycles. The molecule has 0 radical (unpaired) electrons. The summed E-state index contributed by atoms with van der Waals surface area (Å²) in [6, 6.07) is 14.5. The first-order chi connectivity index (χ1) is 12.1. The second kappa shape index (κ2) is 7.42. The summed E-state index contributed by atoms with van der Waals surface area (Å²) in [5.41, 5.74) is 2.05. The third kappa shape index (κ3) is 4.20. The maximum absolute atomic E-state index is 11.8. The number of methoxy groups -OCH3 is 1. The van der Waals surface area contributed by atoms with E-state index in [2.05, 4.69) is 6.07 Å². The van der Waals surface area contributed by atoms with E-state index in [4.69, 9.17) is 21.1 Å². The Morgan fingerprint density at radius 2 is 1.92 bits per heavy atom. The third-order valence-corrected chi connectivity index (χ3v) is 4.15. The Hall–Kier alpha value is -2.77. The molecule has 1 aliphatic carbocycles. The quantitative estimate of drug-likeness (QED) is 0.337. The van der Waals surface area contributed by atoms with E-state index in [0.717, 1.165) is 24.0 Å². The van der Waals surface area contributed by atoms with Gasteiger partial charge in [-0.25, -0.2) is 0 Å². The SMILES string of the molecule is COc1cc(/C=C(/C#N)c2ccc(Cl)cc2)ccc1OC(=O)C1CC1. The number of hydrogen-bond donors (Lipinski definition) is 0. The first-order valence-electron chi connectivity index (χ1n) is 7.88. The number of benzene rings is 2. The first-order valence-corrected chi connectivity index (χ1v) is 8.26. The zero-order valence-corrected chi connectivity index (χ0v) is 14.4. The third-order valence-electron chi connectivity index (χ3n) is 3.90. The lowest BCUT2D eigenvalue weighted by atomic mass is 10.0. The molecule has 1 aliphatic rings. The maximum atomic E-state index is 11.8. The number of nitrogens with zero attached hydrogens (tertiary/aromatic N) is 1. The molecule has 0 heterocycles. The normalized spacial score (nSPS) is 13.9. The van der Waals surface area contributed by atoms with E-state index >= 15 is 0 Å². The second-order valence-electron chi connectivity index (χ2n) is 5.78. The van der Waals surface area contributed by atoms with E-state index in [1.165, 1.54) is 7.11 Å². The van der Waals surface area contributed by atoms with Crippen molar-refractivity contribution < 1.29 is 14.3 Å². The molecule has 0 aliphatic heterocycles. The summed E-state index contributed by atoms with van der Waals surface area (Å²) >= 11 is 5.88. The van der Waals surface area contributed by atoms with Crippen molar-refractivity contribution in [1.82, 2.24) is 0 Å². The van der Waals surface area contributed by atoms with Crippen molar-refractivity contribution in [3.63, 3.8) is 0 Å². The number of allylic oxidation sites excluding steroid dienone is 1. The van der Waals surface area contributed by atoms with Gasteiger partial charge in [0.2, 0.25) is 0 Å². The van der Waals surface area contributed by atoms with Crippen LogP contribution in [0.4, 0.5) is 0 Å². The molecule has 0 unspecified atom stereocenters. The van der Waals surface area contributed by atoms with Crippen LogP contribution in [0.15, 0.2) is 42.5 Å². The molecule has 0 spiro atoms. The lowest BCUT2D eigenvalue weighted by Crippen LogP contribution is -2.10. The number of carbonyl (C=O) groups is 1. The molecular formula is C20H16ClNO3. The highest BCUT2D eigenvalue weighted by molar-refractivity contribution is 6.30. The lowest BCUT2D eigenvalue weighted by molar-refractivity contribution is -0.135. The molecular weight excluding hydrogens is 338 g/mol. The molecule has 126 valence electrons. The molecule has 1 fully saturated rings. The second-order valence-corrected chi connectivity index (χ2v) is 6.22. The lowest BCUT2D eigenvalue weighted by Gasteiger charge is -2.10. The van der Waals surface area contributed by atoms with Crippen molar-refractivity contribution in [3.8, 4) is 17.6 Å². The van der Waals surface area contributed by atoms with E-state index in [-0.39, 0.29) is 11.9 Å². The standard InChI is InChI=1S/C20H16ClNO3/c1-24-19-11-13(2-9-18(19)25-20(23)15-3-4-15)10-16(12-22)14-5-7-17(21)8-6-14/h2,5-11,15H,3-4H2,1H3/b16-10-. The Kier molecular flexibility index (Phi) is 5.06. The highest BCUT2D eigenvalue weighted by Crippen LogP contribution is 2.34. The Labute approximate surface area is 151 Å². The fourth-order valence-corrected chi connectivity index (χ4v) is 2.47. The number of esters is 1. The molecule has 1 saturated carbocycles. The molecule has 0 aromatic heterocycles. The van der Waals surface area contributed by atoms with Gasteiger partial charge in [-0.05, 0) is 54.3 Å². The Morgan fingerprint density at radius 1 is 1.20 bits per heavy atom. The van der Waals surface area contributed by atoms with Crippen molar-refractivity contribution in [2.75, 3.05) is 7.11 Å². The molecule has 0 saturated heterocycles. The van der Waals surface area contributed by atoms with E-state index < -0.39 is 0 Å². The predicted molar refractivity (Wildman–Crippen MR) is 96.3 cm³/mol. The van der Waals surface area contributed by atoms with Gasteiger partial charge >= 0.3 is 5.97 Å². The molecule has 25 heavy (non-hydrogen) atoms. The van der Waals surface area contributed by atoms with Gasteiger partial charge in [-0.15, -0.1) is 0 Å². The predicted octanol–water partition coefficient (Wildman–Crippen LogP) is 4.73. The van der Waals surface area contributed by atoms with Crippen molar-refractivity contribution in [3.05, 3.63) is 58.6 Å². The van der Waals surface area contributed by atoms with Gasteiger partial charge in [0, 0.05) is 5.02 Å². The van der Waals surface area contributed by atoms with Crippen LogP contribution in [0.3, 0.4) is 0 Å². The minimum atomic E-state index is -0.222. The van der Waals surface area contributed by atoms with E-state index in [1.54, 1.807) is 48.5 Å². The Morgan fingerprint density at radius 3 is 2.52 bits per heavy atom. The topological polar surface area (TPSA) is 59.3 Å². The minimum absolute atomic E-state index is 0.0133. The van der Waals surface area contributed by atoms with Crippen molar-refractivity contribution in [1.29, 1.82) is 5.26 Å². The van der Waals surface area contributed by atoms with E-state index in [0.29, 0.717) is 22.1 Å². The zero-order chi connectivity index (χ0) is 17.8. The monoisotopic (exact) mass is 353 g/mol. The van der Waals surface area contributed by atoms with Crippen LogP contribution in [0, 0.1) is 17.2 Å². The number of carbonyl (C=O) groups excluding carboxylic acids is 1. The van der Waals surface area contributed by atoms with Gasteiger partial charge in [-0.1, -0.05) is 29.8 Å². The van der Waals surface area contributed by atoms with Gasteiger partial charge in [0.15, 0.2) is 11.5 Å². The summed E-state index contributed by atoms with van der Waals surface area (Å²) in [5, 5.41) is 10.0. The van der Waals surface area contributed by atoms with Crippen molar-refractivity contribution >= 4 is 29.2 Å². The van der Waals surface area contributed by atoms with Crippen LogP contribution < -0.4 is 9.47 Å². The maximum Gasteiger partial charge on any atom is 0.314 e. The van der Waals surface area contributed by atoms with Crippen molar-refractivity contribution in [2.45, 2.75) is 12.8 Å².